The van der Waals surface area contributed by atoms with Gasteiger partial charge in [0.05, 0.1) is 6.54 Å². The van der Waals surface area contributed by atoms with Crippen LogP contribution in [0.1, 0.15) is 17.3 Å². The number of halogens is 1. The van der Waals surface area contributed by atoms with Gasteiger partial charge in [-0.25, -0.2) is 4.39 Å². The standard InChI is InChI=1S/C11H11FN6OS/c1-2-18-16-10(15-17-18)14-11(20)13-9(19)7-4-3-5-8(12)6-7/h3-6H,2H2,1H3,(H2,13,14,16,19,20). The summed E-state index contributed by atoms with van der Waals surface area (Å²) in [6.07, 6.45) is 0. The lowest BCUT2D eigenvalue weighted by atomic mass is 10.2. The number of anilines is 1. The van der Waals surface area contributed by atoms with Crippen LogP contribution in [-0.4, -0.2) is 31.2 Å². The molecule has 2 N–H and O–H groups in total. The van der Waals surface area contributed by atoms with E-state index < -0.39 is 11.7 Å². The number of nitrogens with zero attached hydrogens (tertiary/aromatic N) is 4. The van der Waals surface area contributed by atoms with Gasteiger partial charge < -0.3 is 0 Å². The van der Waals surface area contributed by atoms with E-state index in [0.717, 1.165) is 6.07 Å². The van der Waals surface area contributed by atoms with Crippen molar-refractivity contribution in [2.24, 2.45) is 0 Å². The number of benzene rings is 1. The molecule has 0 aliphatic carbocycles. The van der Waals surface area contributed by atoms with Gasteiger partial charge >= 0.3 is 0 Å². The highest BCUT2D eigenvalue weighted by molar-refractivity contribution is 7.80. The zero-order chi connectivity index (χ0) is 14.5. The van der Waals surface area contributed by atoms with Gasteiger partial charge in [0.15, 0.2) is 5.11 Å². The molecule has 1 aromatic heterocycles. The van der Waals surface area contributed by atoms with E-state index >= 15 is 0 Å². The number of carbonyl (C=O) groups is 1. The van der Waals surface area contributed by atoms with Crippen LogP contribution in [0.4, 0.5) is 10.3 Å². The molecule has 0 radical (unpaired) electrons. The number of thiocarbonyl (C=S) groups is 1. The summed E-state index contributed by atoms with van der Waals surface area (Å²) in [4.78, 5) is 13.2. The van der Waals surface area contributed by atoms with E-state index in [1.54, 1.807) is 0 Å². The molecule has 1 amide bonds. The minimum Gasteiger partial charge on any atom is -0.299 e. The Morgan fingerprint density at radius 1 is 1.50 bits per heavy atom. The summed E-state index contributed by atoms with van der Waals surface area (Å²) in [5.74, 6) is -0.842. The van der Waals surface area contributed by atoms with E-state index in [0.29, 0.717) is 6.54 Å². The highest BCUT2D eigenvalue weighted by Crippen LogP contribution is 2.03. The van der Waals surface area contributed by atoms with Crippen molar-refractivity contribution in [3.63, 3.8) is 0 Å². The second-order valence-corrected chi connectivity index (χ2v) is 4.13. The third kappa shape index (κ3) is 3.54. The van der Waals surface area contributed by atoms with Crippen LogP contribution >= 0.6 is 12.2 Å². The van der Waals surface area contributed by atoms with Crippen LogP contribution in [-0.2, 0) is 6.54 Å². The maximum atomic E-state index is 13.0. The lowest BCUT2D eigenvalue weighted by Gasteiger charge is -2.06. The van der Waals surface area contributed by atoms with E-state index in [2.05, 4.69) is 26.0 Å². The van der Waals surface area contributed by atoms with Crippen LogP contribution in [0.3, 0.4) is 0 Å². The highest BCUT2D eigenvalue weighted by atomic mass is 32.1. The van der Waals surface area contributed by atoms with E-state index in [9.17, 15) is 9.18 Å². The van der Waals surface area contributed by atoms with Crippen molar-refractivity contribution in [3.8, 4) is 0 Å². The van der Waals surface area contributed by atoms with Crippen LogP contribution in [0.2, 0.25) is 0 Å². The number of carbonyl (C=O) groups excluding carboxylic acids is 1. The molecule has 0 atom stereocenters. The fourth-order valence-electron chi connectivity index (χ4n) is 1.37. The van der Waals surface area contributed by atoms with Crippen LogP contribution in [0.15, 0.2) is 24.3 Å². The number of nitrogens with one attached hydrogen (secondary N) is 2. The number of tetrazole rings is 1. The van der Waals surface area contributed by atoms with Gasteiger partial charge in [-0.05, 0) is 42.6 Å². The zero-order valence-corrected chi connectivity index (χ0v) is 11.3. The van der Waals surface area contributed by atoms with Gasteiger partial charge in [-0.3, -0.25) is 15.4 Å². The van der Waals surface area contributed by atoms with Crippen molar-refractivity contribution < 1.29 is 9.18 Å². The third-order valence-electron chi connectivity index (χ3n) is 2.27. The SMILES string of the molecule is CCn1nnc(NC(=S)NC(=O)c2cccc(F)c2)n1. The Morgan fingerprint density at radius 3 is 2.95 bits per heavy atom. The molecule has 2 aromatic rings. The first kappa shape index (κ1) is 14.0. The Hall–Kier alpha value is -2.42. The van der Waals surface area contributed by atoms with Crippen LogP contribution in [0.25, 0.3) is 0 Å². The quantitative estimate of drug-likeness (QED) is 0.820. The summed E-state index contributed by atoms with van der Waals surface area (Å²) in [6.45, 7) is 2.42. The average molecular weight is 294 g/mol. The van der Waals surface area contributed by atoms with Crippen molar-refractivity contribution in [3.05, 3.63) is 35.6 Å². The van der Waals surface area contributed by atoms with E-state index in [4.69, 9.17) is 12.2 Å². The monoisotopic (exact) mass is 294 g/mol. The number of hydrogen-bond acceptors (Lipinski definition) is 5. The number of rotatable bonds is 3. The summed E-state index contributed by atoms with van der Waals surface area (Å²) in [5, 5.41) is 16.4. The molecular formula is C11H11FN6OS. The van der Waals surface area contributed by atoms with Gasteiger partial charge in [-0.15, -0.1) is 5.10 Å². The summed E-state index contributed by atoms with van der Waals surface area (Å²) >= 11 is 4.94. The molecule has 0 saturated heterocycles. The lowest BCUT2D eigenvalue weighted by molar-refractivity contribution is 0.0977. The van der Waals surface area contributed by atoms with Gasteiger partial charge in [0.1, 0.15) is 5.82 Å². The number of aryl methyl sites for hydroxylation is 1. The maximum absolute atomic E-state index is 13.0. The average Bonchev–Trinajstić information content (AvgIpc) is 2.86. The molecule has 0 bridgehead atoms. The molecular weight excluding hydrogens is 283 g/mol. The topological polar surface area (TPSA) is 84.7 Å². The van der Waals surface area contributed by atoms with Crippen molar-refractivity contribution in [1.82, 2.24) is 25.5 Å². The molecule has 0 saturated carbocycles. The Kier molecular flexibility index (Phi) is 4.31. The normalized spacial score (nSPS) is 10.1. The van der Waals surface area contributed by atoms with Gasteiger partial charge in [0.25, 0.3) is 11.9 Å². The van der Waals surface area contributed by atoms with Crippen molar-refractivity contribution in [2.75, 3.05) is 5.32 Å². The summed E-state index contributed by atoms with van der Waals surface area (Å²) in [7, 11) is 0. The summed E-state index contributed by atoms with van der Waals surface area (Å²) < 4.78 is 13.0. The zero-order valence-electron chi connectivity index (χ0n) is 10.5. The molecule has 2 rings (SSSR count). The first-order chi connectivity index (χ1) is 9.58. The molecule has 7 nitrogen and oxygen atoms in total. The van der Waals surface area contributed by atoms with Crippen molar-refractivity contribution in [2.45, 2.75) is 13.5 Å². The molecule has 0 aliphatic heterocycles. The summed E-state index contributed by atoms with van der Waals surface area (Å²) in [6, 6.07) is 5.28. The maximum Gasteiger partial charge on any atom is 0.269 e. The fourth-order valence-corrected chi connectivity index (χ4v) is 1.55. The molecule has 0 fully saturated rings. The van der Waals surface area contributed by atoms with E-state index in [-0.39, 0.29) is 16.6 Å². The number of hydrogen-bond donors (Lipinski definition) is 2. The van der Waals surface area contributed by atoms with Gasteiger partial charge in [-0.2, -0.15) is 4.80 Å². The van der Waals surface area contributed by atoms with E-state index in [1.807, 2.05) is 6.92 Å². The number of amides is 1. The molecule has 0 spiro atoms. The second-order valence-electron chi connectivity index (χ2n) is 3.72. The predicted octanol–water partition coefficient (Wildman–Crippen LogP) is 0.959. The Balaban J connectivity index is 1.95. The minimum absolute atomic E-state index is 0.00918. The third-order valence-corrected chi connectivity index (χ3v) is 2.48. The minimum atomic E-state index is -0.523. The molecule has 0 unspecified atom stereocenters. The Labute approximate surface area is 119 Å². The molecule has 1 heterocycles. The molecule has 9 heteroatoms. The second kappa shape index (κ2) is 6.15. The van der Waals surface area contributed by atoms with Crippen LogP contribution in [0.5, 0.6) is 0 Å². The fraction of sp³-hybridized carbons (Fsp3) is 0.182. The molecule has 0 aliphatic rings. The van der Waals surface area contributed by atoms with Crippen molar-refractivity contribution in [1.29, 1.82) is 0 Å². The van der Waals surface area contributed by atoms with Crippen molar-refractivity contribution >= 4 is 29.2 Å². The van der Waals surface area contributed by atoms with E-state index in [1.165, 1.54) is 23.0 Å². The van der Waals surface area contributed by atoms with Gasteiger partial charge in [0.2, 0.25) is 0 Å². The smallest absolute Gasteiger partial charge is 0.269 e. The molecule has 104 valence electrons. The Bertz CT molecular complexity index is 643. The summed E-state index contributed by atoms with van der Waals surface area (Å²) in [5.41, 5.74) is 0.166. The molecule has 20 heavy (non-hydrogen) atoms. The Morgan fingerprint density at radius 2 is 2.30 bits per heavy atom. The first-order valence-corrected chi connectivity index (χ1v) is 6.15. The van der Waals surface area contributed by atoms with Gasteiger partial charge in [-0.1, -0.05) is 11.2 Å². The van der Waals surface area contributed by atoms with Gasteiger partial charge in [0, 0.05) is 5.56 Å². The molecule has 1 aromatic carbocycles. The first-order valence-electron chi connectivity index (χ1n) is 5.74. The van der Waals surface area contributed by atoms with Crippen LogP contribution in [0, 0.1) is 5.82 Å². The lowest BCUT2D eigenvalue weighted by Crippen LogP contribution is -2.34. The predicted molar refractivity (Wildman–Crippen MR) is 73.6 cm³/mol. The van der Waals surface area contributed by atoms with Crippen LogP contribution < -0.4 is 10.6 Å². The highest BCUT2D eigenvalue weighted by Gasteiger charge is 2.10. The largest absolute Gasteiger partial charge is 0.299 e. The number of aromatic nitrogens is 4.